The van der Waals surface area contributed by atoms with E-state index in [4.69, 9.17) is 4.74 Å². The van der Waals surface area contributed by atoms with E-state index in [1.165, 1.54) is 6.07 Å². The van der Waals surface area contributed by atoms with Crippen LogP contribution in [0.15, 0.2) is 34.8 Å². The van der Waals surface area contributed by atoms with Crippen molar-refractivity contribution in [3.05, 3.63) is 67.9 Å². The van der Waals surface area contributed by atoms with Gasteiger partial charge in [-0.3, -0.25) is 10.1 Å². The van der Waals surface area contributed by atoms with Crippen LogP contribution >= 0.6 is 15.9 Å². The molecule has 4 nitrogen and oxygen atoms in total. The average Bonchev–Trinajstić information content (AvgIpc) is 2.43. The van der Waals surface area contributed by atoms with Gasteiger partial charge in [0.2, 0.25) is 0 Å². The van der Waals surface area contributed by atoms with Crippen LogP contribution in [-0.2, 0) is 6.61 Å². The van der Waals surface area contributed by atoms with Gasteiger partial charge in [-0.15, -0.1) is 0 Å². The van der Waals surface area contributed by atoms with E-state index < -0.39 is 46.0 Å². The lowest BCUT2D eigenvalue weighted by Crippen LogP contribution is -2.04. The zero-order chi connectivity index (χ0) is 15.6. The Balaban J connectivity index is 2.31. The van der Waals surface area contributed by atoms with E-state index in [9.17, 15) is 23.3 Å². The van der Waals surface area contributed by atoms with Gasteiger partial charge in [0.05, 0.1) is 15.0 Å². The summed E-state index contributed by atoms with van der Waals surface area (Å²) in [4.78, 5) is 10.0. The van der Waals surface area contributed by atoms with Crippen molar-refractivity contribution in [2.75, 3.05) is 0 Å². The summed E-state index contributed by atoms with van der Waals surface area (Å²) in [5.74, 6) is -2.91. The Morgan fingerprint density at radius 1 is 1.19 bits per heavy atom. The van der Waals surface area contributed by atoms with E-state index in [-0.39, 0.29) is 4.47 Å². The van der Waals surface area contributed by atoms with E-state index in [1.54, 1.807) is 0 Å². The Hall–Kier alpha value is -2.09. The summed E-state index contributed by atoms with van der Waals surface area (Å²) in [7, 11) is 0. The topological polar surface area (TPSA) is 52.4 Å². The quantitative estimate of drug-likeness (QED) is 0.462. The summed E-state index contributed by atoms with van der Waals surface area (Å²) in [6.45, 7) is -0.610. The maximum absolute atomic E-state index is 13.7. The summed E-state index contributed by atoms with van der Waals surface area (Å²) in [5.41, 5.74) is -0.907. The lowest BCUT2D eigenvalue weighted by atomic mass is 10.2. The molecule has 0 saturated heterocycles. The fourth-order valence-electron chi connectivity index (χ4n) is 1.61. The number of nitrogens with zero attached hydrogens (tertiary/aromatic N) is 1. The molecular formula is C13H7BrF3NO3. The highest BCUT2D eigenvalue weighted by Crippen LogP contribution is 2.29. The van der Waals surface area contributed by atoms with Gasteiger partial charge < -0.3 is 4.74 Å². The molecule has 0 aromatic heterocycles. The minimum absolute atomic E-state index is 0.0243. The molecule has 0 bridgehead atoms. The maximum atomic E-state index is 13.7. The van der Waals surface area contributed by atoms with Crippen LogP contribution in [0.4, 0.5) is 18.9 Å². The number of halogens is 4. The Kier molecular flexibility index (Phi) is 4.46. The molecule has 0 fully saturated rings. The minimum Gasteiger partial charge on any atom is -0.482 e. The highest BCUT2D eigenvalue weighted by molar-refractivity contribution is 9.10. The van der Waals surface area contributed by atoms with Crippen LogP contribution in [0.25, 0.3) is 0 Å². The number of rotatable bonds is 4. The first-order valence-corrected chi connectivity index (χ1v) is 6.38. The summed E-state index contributed by atoms with van der Waals surface area (Å²) < 4.78 is 45.4. The lowest BCUT2D eigenvalue weighted by molar-refractivity contribution is -0.386. The predicted octanol–water partition coefficient (Wildman–Crippen LogP) is 4.35. The number of nitro benzene ring substituents is 1. The zero-order valence-electron chi connectivity index (χ0n) is 10.3. The molecule has 2 aromatic rings. The molecule has 0 unspecified atom stereocenters. The van der Waals surface area contributed by atoms with Crippen LogP contribution in [0.5, 0.6) is 5.75 Å². The Bertz CT molecular complexity index is 709. The van der Waals surface area contributed by atoms with E-state index >= 15 is 0 Å². The van der Waals surface area contributed by atoms with E-state index in [0.717, 1.165) is 24.3 Å². The van der Waals surface area contributed by atoms with Gasteiger partial charge in [-0.05, 0) is 34.1 Å². The minimum atomic E-state index is -0.881. The largest absolute Gasteiger partial charge is 0.482 e. The molecule has 110 valence electrons. The van der Waals surface area contributed by atoms with Gasteiger partial charge in [0.25, 0.3) is 0 Å². The van der Waals surface area contributed by atoms with Crippen LogP contribution in [0.3, 0.4) is 0 Å². The van der Waals surface area contributed by atoms with Crippen molar-refractivity contribution in [1.29, 1.82) is 0 Å². The van der Waals surface area contributed by atoms with Gasteiger partial charge in [-0.1, -0.05) is 0 Å². The van der Waals surface area contributed by atoms with Crippen molar-refractivity contribution in [3.63, 3.8) is 0 Å². The molecule has 0 heterocycles. The third-order valence-corrected chi connectivity index (χ3v) is 3.24. The highest BCUT2D eigenvalue weighted by Gasteiger charge is 2.18. The molecule has 2 aromatic carbocycles. The number of hydrogen-bond acceptors (Lipinski definition) is 3. The average molecular weight is 362 g/mol. The van der Waals surface area contributed by atoms with Crippen LogP contribution in [0.2, 0.25) is 0 Å². The van der Waals surface area contributed by atoms with Gasteiger partial charge in [-0.25, -0.2) is 13.2 Å². The highest BCUT2D eigenvalue weighted by atomic mass is 79.9. The summed E-state index contributed by atoms with van der Waals surface area (Å²) in [5, 5.41) is 10.8. The number of hydrogen-bond donors (Lipinski definition) is 0. The van der Waals surface area contributed by atoms with Gasteiger partial charge >= 0.3 is 5.69 Å². The second-order valence-corrected chi connectivity index (χ2v) is 4.83. The number of nitro groups is 1. The monoisotopic (exact) mass is 361 g/mol. The molecule has 2 rings (SSSR count). The van der Waals surface area contributed by atoms with Crippen molar-refractivity contribution in [2.24, 2.45) is 0 Å². The van der Waals surface area contributed by atoms with Crippen molar-refractivity contribution in [1.82, 2.24) is 0 Å². The molecule has 0 spiro atoms. The third kappa shape index (κ3) is 3.33. The predicted molar refractivity (Wildman–Crippen MR) is 71.4 cm³/mol. The zero-order valence-corrected chi connectivity index (χ0v) is 11.9. The summed E-state index contributed by atoms with van der Waals surface area (Å²) in [6.07, 6.45) is 0. The van der Waals surface area contributed by atoms with Gasteiger partial charge in [0, 0.05) is 12.1 Å². The molecule has 0 saturated carbocycles. The Morgan fingerprint density at radius 2 is 1.90 bits per heavy atom. The third-order valence-electron chi connectivity index (χ3n) is 2.63. The first-order valence-electron chi connectivity index (χ1n) is 5.59. The van der Waals surface area contributed by atoms with Gasteiger partial charge in [-0.2, -0.15) is 0 Å². The molecule has 0 aliphatic heterocycles. The molecule has 0 atom stereocenters. The maximum Gasteiger partial charge on any atom is 0.311 e. The fourth-order valence-corrected chi connectivity index (χ4v) is 1.98. The second-order valence-electron chi connectivity index (χ2n) is 3.98. The van der Waals surface area contributed by atoms with Crippen molar-refractivity contribution >= 4 is 21.6 Å². The fraction of sp³-hybridized carbons (Fsp3) is 0.0769. The second kappa shape index (κ2) is 6.13. The molecule has 0 amide bonds. The van der Waals surface area contributed by atoms with Crippen molar-refractivity contribution in [3.8, 4) is 5.75 Å². The van der Waals surface area contributed by atoms with Crippen LogP contribution in [-0.4, -0.2) is 4.92 Å². The Morgan fingerprint density at radius 3 is 2.57 bits per heavy atom. The van der Waals surface area contributed by atoms with Crippen LogP contribution in [0, 0.1) is 27.6 Å². The first-order chi connectivity index (χ1) is 9.90. The summed E-state index contributed by atoms with van der Waals surface area (Å²) >= 11 is 2.89. The SMILES string of the molecule is O=[N+]([O-])c1ccc(F)cc1OCc1c(F)ccc(Br)c1F. The van der Waals surface area contributed by atoms with Gasteiger partial charge in [0.1, 0.15) is 24.1 Å². The van der Waals surface area contributed by atoms with E-state index in [1.807, 2.05) is 0 Å². The molecule has 0 N–H and O–H groups in total. The normalized spacial score (nSPS) is 10.5. The molecule has 0 radical (unpaired) electrons. The standard InChI is InChI=1S/C13H7BrF3NO3/c14-9-2-3-10(16)8(13(9)17)6-21-12-5-7(15)1-4-11(12)18(19)20/h1-5H,6H2. The molecular weight excluding hydrogens is 355 g/mol. The molecule has 0 aliphatic carbocycles. The van der Waals surface area contributed by atoms with E-state index in [2.05, 4.69) is 15.9 Å². The Labute approximate surface area is 125 Å². The first kappa shape index (κ1) is 15.3. The van der Waals surface area contributed by atoms with Gasteiger partial charge in [0.15, 0.2) is 5.75 Å². The molecule has 0 aliphatic rings. The van der Waals surface area contributed by atoms with E-state index in [0.29, 0.717) is 0 Å². The number of ether oxygens (including phenoxy) is 1. The van der Waals surface area contributed by atoms with Crippen LogP contribution in [0.1, 0.15) is 5.56 Å². The van der Waals surface area contributed by atoms with Crippen molar-refractivity contribution in [2.45, 2.75) is 6.61 Å². The lowest BCUT2D eigenvalue weighted by Gasteiger charge is -2.09. The van der Waals surface area contributed by atoms with Crippen molar-refractivity contribution < 1.29 is 22.8 Å². The smallest absolute Gasteiger partial charge is 0.311 e. The summed E-state index contributed by atoms with van der Waals surface area (Å²) in [6, 6.07) is 4.79. The molecule has 8 heteroatoms. The van der Waals surface area contributed by atoms with Crippen LogP contribution < -0.4 is 4.74 Å². The number of benzene rings is 2. The molecule has 21 heavy (non-hydrogen) atoms.